The zero-order chi connectivity index (χ0) is 22.8. The summed E-state index contributed by atoms with van der Waals surface area (Å²) in [7, 11) is 1.53. The highest BCUT2D eigenvalue weighted by atomic mass is 19.1. The van der Waals surface area contributed by atoms with Crippen molar-refractivity contribution in [1.29, 1.82) is 0 Å². The first kappa shape index (κ1) is 21.2. The van der Waals surface area contributed by atoms with Gasteiger partial charge in [-0.3, -0.25) is 24.2 Å². The first-order chi connectivity index (χ1) is 15.4. The average molecular weight is 436 g/mol. The molecular weight excluding hydrogens is 415 g/mol. The molecule has 2 unspecified atom stereocenters. The van der Waals surface area contributed by atoms with E-state index in [1.807, 2.05) is 12.2 Å². The lowest BCUT2D eigenvalue weighted by atomic mass is 9.77. The van der Waals surface area contributed by atoms with Crippen molar-refractivity contribution in [2.24, 2.45) is 24.6 Å². The zero-order valence-corrected chi connectivity index (χ0v) is 17.2. The molecule has 9 nitrogen and oxygen atoms in total. The van der Waals surface area contributed by atoms with Crippen LogP contribution < -0.4 is 11.1 Å². The smallest absolute Gasteiger partial charge is 0.269 e. The molecule has 4 N–H and O–H groups in total. The molecule has 3 aromatic rings. The average Bonchev–Trinajstić information content (AvgIpc) is 3.43. The largest absolute Gasteiger partial charge is 0.364 e. The van der Waals surface area contributed by atoms with E-state index in [9.17, 15) is 18.8 Å². The Morgan fingerprint density at radius 3 is 2.59 bits per heavy atom. The predicted octanol–water partition coefficient (Wildman–Crippen LogP) is 2.45. The Bertz CT molecular complexity index is 1210. The van der Waals surface area contributed by atoms with Crippen LogP contribution in [-0.4, -0.2) is 37.6 Å². The van der Waals surface area contributed by atoms with Crippen molar-refractivity contribution in [2.45, 2.75) is 12.8 Å². The molecule has 2 atom stereocenters. The van der Waals surface area contributed by atoms with Gasteiger partial charge in [-0.2, -0.15) is 10.2 Å². The van der Waals surface area contributed by atoms with Gasteiger partial charge in [0.15, 0.2) is 5.78 Å². The van der Waals surface area contributed by atoms with Gasteiger partial charge in [-0.05, 0) is 31.0 Å². The van der Waals surface area contributed by atoms with E-state index in [1.165, 1.54) is 30.1 Å². The Labute approximate surface area is 182 Å². The SMILES string of the molecule is Cn1ncc(NC(=O)C2CC=CCC2C(=O)c2ccc(-c3ccn[nH]3)cc2F)c1C(N)=O. The van der Waals surface area contributed by atoms with E-state index in [0.29, 0.717) is 24.1 Å². The van der Waals surface area contributed by atoms with Gasteiger partial charge >= 0.3 is 0 Å². The van der Waals surface area contributed by atoms with E-state index < -0.39 is 35.3 Å². The first-order valence-corrected chi connectivity index (χ1v) is 9.98. The molecule has 0 saturated heterocycles. The number of nitrogens with zero attached hydrogens (tertiary/aromatic N) is 3. The molecule has 0 radical (unpaired) electrons. The number of benzene rings is 1. The highest BCUT2D eigenvalue weighted by molar-refractivity contribution is 6.05. The van der Waals surface area contributed by atoms with E-state index >= 15 is 0 Å². The van der Waals surface area contributed by atoms with Crippen LogP contribution in [0.1, 0.15) is 33.7 Å². The van der Waals surface area contributed by atoms with Crippen molar-refractivity contribution in [3.05, 3.63) is 65.9 Å². The number of hydrogen-bond donors (Lipinski definition) is 3. The van der Waals surface area contributed by atoms with Crippen molar-refractivity contribution in [3.8, 4) is 11.3 Å². The molecule has 1 aliphatic rings. The number of Topliss-reactive ketones (excluding diaryl/α,β-unsaturated/α-hetero) is 1. The summed E-state index contributed by atoms with van der Waals surface area (Å²) in [6, 6.07) is 6.02. The van der Waals surface area contributed by atoms with Crippen LogP contribution in [0.15, 0.2) is 48.8 Å². The number of aryl methyl sites for hydroxylation is 1. The van der Waals surface area contributed by atoms with Crippen LogP contribution in [0.3, 0.4) is 0 Å². The quantitative estimate of drug-likeness (QED) is 0.403. The number of halogens is 1. The maximum absolute atomic E-state index is 14.8. The summed E-state index contributed by atoms with van der Waals surface area (Å²) in [4.78, 5) is 37.9. The second-order valence-corrected chi connectivity index (χ2v) is 7.57. The van der Waals surface area contributed by atoms with Crippen LogP contribution in [-0.2, 0) is 11.8 Å². The summed E-state index contributed by atoms with van der Waals surface area (Å²) < 4.78 is 16.1. The minimum atomic E-state index is -0.749. The number of aromatic nitrogens is 4. The Hall–Kier alpha value is -4.08. The number of allylic oxidation sites excluding steroid dienone is 2. The van der Waals surface area contributed by atoms with Crippen molar-refractivity contribution in [2.75, 3.05) is 5.32 Å². The number of carbonyl (C=O) groups excluding carboxylic acids is 3. The van der Waals surface area contributed by atoms with Crippen LogP contribution in [0.2, 0.25) is 0 Å². The molecule has 0 bridgehead atoms. The van der Waals surface area contributed by atoms with Gasteiger partial charge in [0.25, 0.3) is 5.91 Å². The van der Waals surface area contributed by atoms with Crippen LogP contribution in [0, 0.1) is 17.7 Å². The minimum Gasteiger partial charge on any atom is -0.364 e. The van der Waals surface area contributed by atoms with Gasteiger partial charge in [0, 0.05) is 24.7 Å². The van der Waals surface area contributed by atoms with E-state index in [4.69, 9.17) is 5.73 Å². The van der Waals surface area contributed by atoms with Crippen molar-refractivity contribution >= 4 is 23.3 Å². The molecule has 32 heavy (non-hydrogen) atoms. The number of nitrogens with two attached hydrogens (primary N) is 1. The molecule has 0 fully saturated rings. The number of H-pyrrole nitrogens is 1. The lowest BCUT2D eigenvalue weighted by molar-refractivity contribution is -0.121. The van der Waals surface area contributed by atoms with Gasteiger partial charge in [-0.25, -0.2) is 4.39 Å². The Morgan fingerprint density at radius 1 is 1.19 bits per heavy atom. The van der Waals surface area contributed by atoms with Gasteiger partial charge in [0.2, 0.25) is 5.91 Å². The zero-order valence-electron chi connectivity index (χ0n) is 17.2. The second-order valence-electron chi connectivity index (χ2n) is 7.57. The topological polar surface area (TPSA) is 136 Å². The van der Waals surface area contributed by atoms with Crippen molar-refractivity contribution in [1.82, 2.24) is 20.0 Å². The number of anilines is 1. The Kier molecular flexibility index (Phi) is 5.67. The molecule has 4 rings (SSSR count). The number of nitrogens with one attached hydrogen (secondary N) is 2. The molecule has 0 aliphatic heterocycles. The van der Waals surface area contributed by atoms with E-state index in [1.54, 1.807) is 18.3 Å². The first-order valence-electron chi connectivity index (χ1n) is 9.98. The number of primary amides is 1. The number of hydrogen-bond acceptors (Lipinski definition) is 5. The van der Waals surface area contributed by atoms with Gasteiger partial charge in [0.05, 0.1) is 29.1 Å². The molecular formula is C22H21FN6O3. The highest BCUT2D eigenvalue weighted by Gasteiger charge is 2.36. The van der Waals surface area contributed by atoms with E-state index in [2.05, 4.69) is 20.6 Å². The summed E-state index contributed by atoms with van der Waals surface area (Å²) in [5.74, 6) is -3.81. The third kappa shape index (κ3) is 3.94. The third-order valence-corrected chi connectivity index (χ3v) is 5.58. The molecule has 0 saturated carbocycles. The lowest BCUT2D eigenvalue weighted by Gasteiger charge is -2.26. The number of amides is 2. The monoisotopic (exact) mass is 436 g/mol. The van der Waals surface area contributed by atoms with Gasteiger partial charge in [-0.15, -0.1) is 0 Å². The highest BCUT2D eigenvalue weighted by Crippen LogP contribution is 2.32. The maximum Gasteiger partial charge on any atom is 0.269 e. The van der Waals surface area contributed by atoms with E-state index in [0.717, 1.165) is 0 Å². The van der Waals surface area contributed by atoms with Crippen LogP contribution in [0.25, 0.3) is 11.3 Å². The van der Waals surface area contributed by atoms with E-state index in [-0.39, 0.29) is 16.9 Å². The minimum absolute atomic E-state index is 0.0491. The molecule has 10 heteroatoms. The fourth-order valence-corrected chi connectivity index (χ4v) is 3.94. The number of rotatable bonds is 6. The summed E-state index contributed by atoms with van der Waals surface area (Å²) in [6.07, 6.45) is 7.10. The number of carbonyl (C=O) groups is 3. The molecule has 2 aromatic heterocycles. The molecule has 2 heterocycles. The molecule has 2 amide bonds. The normalized spacial score (nSPS) is 17.8. The van der Waals surface area contributed by atoms with Crippen LogP contribution in [0.4, 0.5) is 10.1 Å². The Balaban J connectivity index is 1.57. The second kappa shape index (κ2) is 8.58. The third-order valence-electron chi connectivity index (χ3n) is 5.58. The number of aromatic amines is 1. The predicted molar refractivity (Wildman–Crippen MR) is 114 cm³/mol. The summed E-state index contributed by atoms with van der Waals surface area (Å²) >= 11 is 0. The van der Waals surface area contributed by atoms with Gasteiger partial charge in [0.1, 0.15) is 11.5 Å². The summed E-state index contributed by atoms with van der Waals surface area (Å²) in [6.45, 7) is 0. The van der Waals surface area contributed by atoms with Crippen LogP contribution in [0.5, 0.6) is 0 Å². The van der Waals surface area contributed by atoms with Gasteiger partial charge in [-0.1, -0.05) is 18.2 Å². The van der Waals surface area contributed by atoms with Gasteiger partial charge < -0.3 is 11.1 Å². The summed E-state index contributed by atoms with van der Waals surface area (Å²) in [5, 5.41) is 13.2. The summed E-state index contributed by atoms with van der Waals surface area (Å²) in [5.41, 5.74) is 6.69. The molecule has 1 aromatic carbocycles. The molecule has 1 aliphatic carbocycles. The van der Waals surface area contributed by atoms with Crippen molar-refractivity contribution in [3.63, 3.8) is 0 Å². The Morgan fingerprint density at radius 2 is 1.94 bits per heavy atom. The van der Waals surface area contributed by atoms with Crippen molar-refractivity contribution < 1.29 is 18.8 Å². The molecule has 0 spiro atoms. The maximum atomic E-state index is 14.8. The van der Waals surface area contributed by atoms with Crippen LogP contribution >= 0.6 is 0 Å². The number of ketones is 1. The standard InChI is InChI=1S/C22H21FN6O3/c1-29-19(21(24)31)18(11-26-29)27-22(32)14-5-3-2-4-13(14)20(30)15-7-6-12(10-16(15)23)17-8-9-25-28-17/h2-3,6-11,13-14H,4-5H2,1H3,(H2,24,31)(H,25,28)(H,27,32). The fourth-order valence-electron chi connectivity index (χ4n) is 3.94. The molecule has 164 valence electrons. The fraction of sp³-hybridized carbons (Fsp3) is 0.227. The lowest BCUT2D eigenvalue weighted by Crippen LogP contribution is -2.35.